The van der Waals surface area contributed by atoms with Gasteiger partial charge in [-0.15, -0.1) is 0 Å². The summed E-state index contributed by atoms with van der Waals surface area (Å²) in [5, 5.41) is 2.84. The topological polar surface area (TPSA) is 118 Å². The van der Waals surface area contributed by atoms with Crippen molar-refractivity contribution in [2.24, 2.45) is 0 Å². The number of anilines is 2. The maximum atomic E-state index is 12.4. The predicted octanol–water partition coefficient (Wildman–Crippen LogP) is 2.93. The van der Waals surface area contributed by atoms with E-state index >= 15 is 0 Å². The first-order valence-electron chi connectivity index (χ1n) is 9.17. The summed E-state index contributed by atoms with van der Waals surface area (Å²) in [7, 11) is -1.52. The van der Waals surface area contributed by atoms with E-state index in [1.54, 1.807) is 36.2 Å². The van der Waals surface area contributed by atoms with Crippen molar-refractivity contribution in [3.05, 3.63) is 71.9 Å². The number of carbonyl (C=O) groups excluding carboxylic acids is 1. The van der Waals surface area contributed by atoms with Gasteiger partial charge in [0.25, 0.3) is 0 Å². The molecule has 0 radical (unpaired) electrons. The fraction of sp³-hybridized carbons (Fsp3) is 0.190. The molecule has 0 saturated carbocycles. The van der Waals surface area contributed by atoms with Gasteiger partial charge in [0.05, 0.1) is 11.4 Å². The zero-order valence-electron chi connectivity index (χ0n) is 16.7. The average Bonchev–Trinajstić information content (AvgIpc) is 2.67. The first kappa shape index (κ1) is 21.3. The van der Waals surface area contributed by atoms with Crippen LogP contribution in [0.1, 0.15) is 11.3 Å². The maximum absolute atomic E-state index is 12.4. The summed E-state index contributed by atoms with van der Waals surface area (Å²) in [6.45, 7) is 0.491. The summed E-state index contributed by atoms with van der Waals surface area (Å²) in [4.78, 5) is 22.5. The summed E-state index contributed by atoms with van der Waals surface area (Å²) in [6.07, 6.45) is 1.14. The number of nitrogen functional groups attached to an aromatic ring is 1. The van der Waals surface area contributed by atoms with Crippen molar-refractivity contribution in [1.82, 2.24) is 14.9 Å². The predicted molar refractivity (Wildman–Crippen MR) is 117 cm³/mol. The molecule has 0 aliphatic rings. The highest BCUT2D eigenvalue weighted by Gasteiger charge is 2.12. The molecule has 0 fully saturated rings. The molecule has 2 amide bonds. The van der Waals surface area contributed by atoms with E-state index in [0.717, 1.165) is 11.8 Å². The fourth-order valence-electron chi connectivity index (χ4n) is 2.84. The molecule has 0 aliphatic heterocycles. The molecule has 3 rings (SSSR count). The van der Waals surface area contributed by atoms with Crippen molar-refractivity contribution < 1.29 is 13.2 Å². The van der Waals surface area contributed by atoms with Crippen molar-refractivity contribution in [2.75, 3.05) is 24.4 Å². The van der Waals surface area contributed by atoms with Crippen LogP contribution in [0.5, 0.6) is 0 Å². The number of sulfone groups is 1. The zero-order valence-corrected chi connectivity index (χ0v) is 17.6. The standard InChI is InChI=1S/C21H23N5O3S/c1-26(13-15-6-4-3-5-7-15)21(27)24-17-10-8-16(9-11-17)20-23-18(12-19(22)25-20)14-30(2,28)29/h3-12H,13-14H2,1-2H3,(H,24,27)(H2,22,23,25). The summed E-state index contributed by atoms with van der Waals surface area (Å²) in [6, 6.07) is 17.9. The molecule has 0 bridgehead atoms. The average molecular weight is 426 g/mol. The highest BCUT2D eigenvalue weighted by molar-refractivity contribution is 7.89. The van der Waals surface area contributed by atoms with Gasteiger partial charge in [-0.2, -0.15) is 0 Å². The summed E-state index contributed by atoms with van der Waals surface area (Å²) < 4.78 is 23.1. The summed E-state index contributed by atoms with van der Waals surface area (Å²) >= 11 is 0. The van der Waals surface area contributed by atoms with Gasteiger partial charge in [0.2, 0.25) is 0 Å². The second kappa shape index (κ2) is 8.91. The molecule has 1 aromatic heterocycles. The number of nitrogens with one attached hydrogen (secondary N) is 1. The van der Waals surface area contributed by atoms with Crippen molar-refractivity contribution in [3.8, 4) is 11.4 Å². The third kappa shape index (κ3) is 6.02. The number of nitrogens with two attached hydrogens (primary N) is 1. The van der Waals surface area contributed by atoms with E-state index < -0.39 is 9.84 Å². The number of aromatic nitrogens is 2. The van der Waals surface area contributed by atoms with Gasteiger partial charge in [-0.3, -0.25) is 0 Å². The Morgan fingerprint density at radius 1 is 1.07 bits per heavy atom. The minimum absolute atomic E-state index is 0.193. The first-order valence-corrected chi connectivity index (χ1v) is 11.2. The normalized spacial score (nSPS) is 11.1. The third-order valence-electron chi connectivity index (χ3n) is 4.21. The minimum Gasteiger partial charge on any atom is -0.384 e. The van der Waals surface area contributed by atoms with Gasteiger partial charge in [0.15, 0.2) is 15.7 Å². The number of hydrogen-bond donors (Lipinski definition) is 2. The van der Waals surface area contributed by atoms with Crippen molar-refractivity contribution in [3.63, 3.8) is 0 Å². The summed E-state index contributed by atoms with van der Waals surface area (Å²) in [5.74, 6) is 0.306. The Bertz CT molecular complexity index is 1130. The SMILES string of the molecule is CN(Cc1ccccc1)C(=O)Nc1ccc(-c2nc(N)cc(CS(C)(=O)=O)n2)cc1. The smallest absolute Gasteiger partial charge is 0.321 e. The zero-order chi connectivity index (χ0) is 21.7. The van der Waals surface area contributed by atoms with Gasteiger partial charge in [0.1, 0.15) is 5.82 Å². The number of nitrogens with zero attached hydrogens (tertiary/aromatic N) is 3. The number of hydrogen-bond acceptors (Lipinski definition) is 6. The molecule has 8 nitrogen and oxygen atoms in total. The molecule has 2 aromatic carbocycles. The van der Waals surface area contributed by atoms with Gasteiger partial charge in [-0.25, -0.2) is 23.2 Å². The molecule has 0 unspecified atom stereocenters. The fourth-order valence-corrected chi connectivity index (χ4v) is 3.53. The lowest BCUT2D eigenvalue weighted by Gasteiger charge is -2.18. The Labute approximate surface area is 175 Å². The van der Waals surface area contributed by atoms with Crippen LogP contribution in [-0.2, 0) is 22.1 Å². The van der Waals surface area contributed by atoms with Crippen LogP contribution in [0, 0.1) is 0 Å². The van der Waals surface area contributed by atoms with E-state index in [9.17, 15) is 13.2 Å². The molecule has 156 valence electrons. The van der Waals surface area contributed by atoms with E-state index in [2.05, 4.69) is 15.3 Å². The Balaban J connectivity index is 1.70. The second-order valence-electron chi connectivity index (χ2n) is 7.03. The van der Waals surface area contributed by atoms with Crippen LogP contribution in [0.25, 0.3) is 11.4 Å². The third-order valence-corrected chi connectivity index (χ3v) is 5.03. The molecule has 30 heavy (non-hydrogen) atoms. The molecule has 9 heteroatoms. The number of benzene rings is 2. The molecule has 0 spiro atoms. The highest BCUT2D eigenvalue weighted by Crippen LogP contribution is 2.20. The van der Waals surface area contributed by atoms with Crippen LogP contribution >= 0.6 is 0 Å². The lowest BCUT2D eigenvalue weighted by atomic mass is 10.2. The number of amides is 2. The van der Waals surface area contributed by atoms with Crippen LogP contribution in [-0.4, -0.2) is 42.6 Å². The Morgan fingerprint density at radius 3 is 2.37 bits per heavy atom. The molecule has 0 saturated heterocycles. The lowest BCUT2D eigenvalue weighted by molar-refractivity contribution is 0.220. The van der Waals surface area contributed by atoms with Gasteiger partial charge < -0.3 is 16.0 Å². The molecular formula is C21H23N5O3S. The number of urea groups is 1. The Hall–Kier alpha value is -3.46. The van der Waals surface area contributed by atoms with Gasteiger partial charge in [-0.05, 0) is 29.8 Å². The van der Waals surface area contributed by atoms with E-state index in [0.29, 0.717) is 29.3 Å². The maximum Gasteiger partial charge on any atom is 0.321 e. The minimum atomic E-state index is -3.24. The van der Waals surface area contributed by atoms with Gasteiger partial charge >= 0.3 is 6.03 Å². The Kier molecular flexibility index (Phi) is 6.31. The number of carbonyl (C=O) groups is 1. The lowest BCUT2D eigenvalue weighted by Crippen LogP contribution is -2.30. The van der Waals surface area contributed by atoms with E-state index in [1.165, 1.54) is 6.07 Å². The summed E-state index contributed by atoms with van der Waals surface area (Å²) in [5.41, 5.74) is 8.44. The first-order chi connectivity index (χ1) is 14.2. The molecule has 3 aromatic rings. The highest BCUT2D eigenvalue weighted by atomic mass is 32.2. The van der Waals surface area contributed by atoms with E-state index in [-0.39, 0.29) is 17.6 Å². The second-order valence-corrected chi connectivity index (χ2v) is 9.17. The molecular weight excluding hydrogens is 402 g/mol. The Morgan fingerprint density at radius 2 is 1.73 bits per heavy atom. The monoisotopic (exact) mass is 425 g/mol. The molecule has 0 atom stereocenters. The molecule has 3 N–H and O–H groups in total. The van der Waals surface area contributed by atoms with Crippen molar-refractivity contribution >= 4 is 27.4 Å². The molecule has 0 aliphatic carbocycles. The van der Waals surface area contributed by atoms with Crippen molar-refractivity contribution in [1.29, 1.82) is 0 Å². The van der Waals surface area contributed by atoms with Crippen LogP contribution in [0.15, 0.2) is 60.7 Å². The van der Waals surface area contributed by atoms with Crippen LogP contribution in [0.4, 0.5) is 16.3 Å². The largest absolute Gasteiger partial charge is 0.384 e. The van der Waals surface area contributed by atoms with E-state index in [1.807, 2.05) is 30.3 Å². The van der Waals surface area contributed by atoms with Gasteiger partial charge in [-0.1, -0.05) is 30.3 Å². The molecule has 1 heterocycles. The van der Waals surface area contributed by atoms with Crippen LogP contribution in [0.2, 0.25) is 0 Å². The quantitative estimate of drug-likeness (QED) is 0.627. The van der Waals surface area contributed by atoms with Crippen LogP contribution < -0.4 is 11.1 Å². The van der Waals surface area contributed by atoms with Crippen molar-refractivity contribution in [2.45, 2.75) is 12.3 Å². The van der Waals surface area contributed by atoms with Gasteiger partial charge in [0, 0.05) is 37.2 Å². The van der Waals surface area contributed by atoms with E-state index in [4.69, 9.17) is 5.73 Å². The number of rotatable bonds is 6. The van der Waals surface area contributed by atoms with Crippen LogP contribution in [0.3, 0.4) is 0 Å².